The second-order valence-electron chi connectivity index (χ2n) is 3.50. The number of hydrogen-bond donors (Lipinski definition) is 0. The van der Waals surface area contributed by atoms with E-state index in [0.29, 0.717) is 0 Å². The number of hydrogen-bond acceptors (Lipinski definition) is 2. The molecule has 0 atom stereocenters. The van der Waals surface area contributed by atoms with E-state index in [0.717, 1.165) is 11.1 Å². The van der Waals surface area contributed by atoms with Crippen LogP contribution in [0.4, 0.5) is 0 Å². The van der Waals surface area contributed by atoms with E-state index in [1.165, 1.54) is 9.79 Å². The van der Waals surface area contributed by atoms with Crippen molar-refractivity contribution in [2.45, 2.75) is 16.7 Å². The molecule has 0 heterocycles. The van der Waals surface area contributed by atoms with Crippen molar-refractivity contribution < 1.29 is 0 Å². The van der Waals surface area contributed by atoms with Gasteiger partial charge in [-0.1, -0.05) is 30.0 Å². The van der Waals surface area contributed by atoms with E-state index < -0.39 is 0 Å². The molecule has 0 aromatic heterocycles. The first-order chi connectivity index (χ1) is 7.79. The number of nitrogens with zero attached hydrogens (tertiary/aromatic N) is 1. The molecular formula is C14H11NS. The number of benzene rings is 2. The number of rotatable bonds is 2. The average molecular weight is 225 g/mol. The molecule has 2 aromatic rings. The van der Waals surface area contributed by atoms with Crippen LogP contribution in [-0.2, 0) is 0 Å². The predicted octanol–water partition coefficient (Wildman–Crippen LogP) is 4.02. The molecule has 0 saturated heterocycles. The molecule has 0 bridgehead atoms. The summed E-state index contributed by atoms with van der Waals surface area (Å²) >= 11 is 1.71. The van der Waals surface area contributed by atoms with Gasteiger partial charge in [0, 0.05) is 9.79 Å². The van der Waals surface area contributed by atoms with Crippen molar-refractivity contribution in [1.82, 2.24) is 0 Å². The lowest BCUT2D eigenvalue weighted by molar-refractivity contribution is 1.31. The van der Waals surface area contributed by atoms with E-state index in [9.17, 15) is 0 Å². The SMILES string of the molecule is Cc1cc(Sc2ccccc2)ccc1C#N. The standard InChI is InChI=1S/C14H11NS/c1-11-9-14(8-7-12(11)10-15)16-13-5-3-2-4-6-13/h2-9H,1H3. The quantitative estimate of drug-likeness (QED) is 0.770. The number of nitriles is 1. The lowest BCUT2D eigenvalue weighted by Crippen LogP contribution is -1.82. The molecule has 0 fully saturated rings. The smallest absolute Gasteiger partial charge is 0.0994 e. The average Bonchev–Trinajstić information content (AvgIpc) is 2.31. The van der Waals surface area contributed by atoms with Gasteiger partial charge in [0.25, 0.3) is 0 Å². The van der Waals surface area contributed by atoms with Crippen LogP contribution in [0.5, 0.6) is 0 Å². The van der Waals surface area contributed by atoms with Crippen molar-refractivity contribution in [1.29, 1.82) is 5.26 Å². The van der Waals surface area contributed by atoms with Crippen molar-refractivity contribution in [3.05, 3.63) is 59.7 Å². The topological polar surface area (TPSA) is 23.8 Å². The Labute approximate surface area is 99.7 Å². The molecule has 0 N–H and O–H groups in total. The Balaban J connectivity index is 2.24. The molecule has 1 nitrogen and oxygen atoms in total. The van der Waals surface area contributed by atoms with Crippen LogP contribution < -0.4 is 0 Å². The summed E-state index contributed by atoms with van der Waals surface area (Å²) in [7, 11) is 0. The fourth-order valence-electron chi connectivity index (χ4n) is 1.45. The van der Waals surface area contributed by atoms with Gasteiger partial charge in [0.1, 0.15) is 0 Å². The maximum absolute atomic E-state index is 8.84. The highest BCUT2D eigenvalue weighted by Gasteiger charge is 2.00. The molecule has 0 unspecified atom stereocenters. The Morgan fingerprint density at radius 1 is 1.00 bits per heavy atom. The summed E-state index contributed by atoms with van der Waals surface area (Å²) in [5.74, 6) is 0. The van der Waals surface area contributed by atoms with Crippen molar-refractivity contribution in [3.63, 3.8) is 0 Å². The zero-order valence-electron chi connectivity index (χ0n) is 8.97. The molecule has 0 spiro atoms. The van der Waals surface area contributed by atoms with Gasteiger partial charge in [-0.05, 0) is 42.8 Å². The summed E-state index contributed by atoms with van der Waals surface area (Å²) < 4.78 is 0. The summed E-state index contributed by atoms with van der Waals surface area (Å²) in [6.45, 7) is 1.97. The van der Waals surface area contributed by atoms with E-state index in [1.54, 1.807) is 11.8 Å². The third-order valence-corrected chi connectivity index (χ3v) is 3.29. The first-order valence-corrected chi connectivity index (χ1v) is 5.85. The zero-order chi connectivity index (χ0) is 11.4. The van der Waals surface area contributed by atoms with Crippen LogP contribution in [0.3, 0.4) is 0 Å². The molecule has 0 amide bonds. The first kappa shape index (κ1) is 10.8. The third kappa shape index (κ3) is 2.44. The summed E-state index contributed by atoms with van der Waals surface area (Å²) in [6, 6.07) is 18.3. The van der Waals surface area contributed by atoms with Crippen LogP contribution >= 0.6 is 11.8 Å². The van der Waals surface area contributed by atoms with Crippen LogP contribution in [0.15, 0.2) is 58.3 Å². The summed E-state index contributed by atoms with van der Waals surface area (Å²) in [5.41, 5.74) is 1.78. The molecule has 2 aromatic carbocycles. The molecule has 0 aliphatic carbocycles. The Kier molecular flexibility index (Phi) is 3.28. The van der Waals surface area contributed by atoms with Crippen LogP contribution in [0.2, 0.25) is 0 Å². The largest absolute Gasteiger partial charge is 0.192 e. The highest BCUT2D eigenvalue weighted by molar-refractivity contribution is 7.99. The van der Waals surface area contributed by atoms with E-state index in [-0.39, 0.29) is 0 Å². The molecule has 78 valence electrons. The Bertz CT molecular complexity index is 526. The second-order valence-corrected chi connectivity index (χ2v) is 4.65. The van der Waals surface area contributed by atoms with Gasteiger partial charge in [0.15, 0.2) is 0 Å². The summed E-state index contributed by atoms with van der Waals surface area (Å²) in [6.07, 6.45) is 0. The minimum absolute atomic E-state index is 0.748. The van der Waals surface area contributed by atoms with Gasteiger partial charge in [-0.2, -0.15) is 5.26 Å². The predicted molar refractivity (Wildman–Crippen MR) is 66.5 cm³/mol. The lowest BCUT2D eigenvalue weighted by Gasteiger charge is -2.03. The van der Waals surface area contributed by atoms with Crippen LogP contribution in [0.1, 0.15) is 11.1 Å². The highest BCUT2D eigenvalue weighted by Crippen LogP contribution is 2.28. The van der Waals surface area contributed by atoms with E-state index in [4.69, 9.17) is 5.26 Å². The Morgan fingerprint density at radius 2 is 1.75 bits per heavy atom. The van der Waals surface area contributed by atoms with Gasteiger partial charge in [-0.25, -0.2) is 0 Å². The maximum atomic E-state index is 8.84. The van der Waals surface area contributed by atoms with Gasteiger partial charge in [0.05, 0.1) is 11.6 Å². The van der Waals surface area contributed by atoms with Crippen LogP contribution in [0.25, 0.3) is 0 Å². The fraction of sp³-hybridized carbons (Fsp3) is 0.0714. The maximum Gasteiger partial charge on any atom is 0.0994 e. The summed E-state index contributed by atoms with van der Waals surface area (Å²) in [4.78, 5) is 2.38. The number of aryl methyl sites for hydroxylation is 1. The Morgan fingerprint density at radius 3 is 2.38 bits per heavy atom. The van der Waals surface area contributed by atoms with Crippen LogP contribution in [-0.4, -0.2) is 0 Å². The van der Waals surface area contributed by atoms with Gasteiger partial charge >= 0.3 is 0 Å². The second kappa shape index (κ2) is 4.87. The highest BCUT2D eigenvalue weighted by atomic mass is 32.2. The van der Waals surface area contributed by atoms with Crippen molar-refractivity contribution >= 4 is 11.8 Å². The van der Waals surface area contributed by atoms with Crippen LogP contribution in [0, 0.1) is 18.3 Å². The monoisotopic (exact) mass is 225 g/mol. The zero-order valence-corrected chi connectivity index (χ0v) is 9.79. The lowest BCUT2D eigenvalue weighted by atomic mass is 10.1. The molecule has 2 rings (SSSR count). The molecule has 0 radical (unpaired) electrons. The van der Waals surface area contributed by atoms with E-state index >= 15 is 0 Å². The van der Waals surface area contributed by atoms with Gasteiger partial charge in [0.2, 0.25) is 0 Å². The molecule has 16 heavy (non-hydrogen) atoms. The van der Waals surface area contributed by atoms with Crippen molar-refractivity contribution in [2.75, 3.05) is 0 Å². The minimum atomic E-state index is 0.748. The summed E-state index contributed by atoms with van der Waals surface area (Å²) in [5, 5.41) is 8.84. The molecule has 0 aliphatic heterocycles. The molecule has 0 aliphatic rings. The third-order valence-electron chi connectivity index (χ3n) is 2.30. The van der Waals surface area contributed by atoms with E-state index in [2.05, 4.69) is 24.3 Å². The molecule has 0 saturated carbocycles. The minimum Gasteiger partial charge on any atom is -0.192 e. The normalized spacial score (nSPS) is 9.75. The Hall–Kier alpha value is -1.72. The first-order valence-electron chi connectivity index (χ1n) is 5.03. The van der Waals surface area contributed by atoms with Gasteiger partial charge in [-0.15, -0.1) is 0 Å². The molecule has 2 heteroatoms. The van der Waals surface area contributed by atoms with Gasteiger partial charge in [-0.3, -0.25) is 0 Å². The van der Waals surface area contributed by atoms with Crippen molar-refractivity contribution in [3.8, 4) is 6.07 Å². The fourth-order valence-corrected chi connectivity index (χ4v) is 2.39. The van der Waals surface area contributed by atoms with Gasteiger partial charge < -0.3 is 0 Å². The molecular weight excluding hydrogens is 214 g/mol. The van der Waals surface area contributed by atoms with Crippen molar-refractivity contribution in [2.24, 2.45) is 0 Å². The van der Waals surface area contributed by atoms with E-state index in [1.807, 2.05) is 37.3 Å².